The smallest absolute Gasteiger partial charge is 0.245 e. The minimum Gasteiger partial charge on any atom is -0.373 e. The second-order valence-corrected chi connectivity index (χ2v) is 5.59. The molecule has 1 aliphatic heterocycles. The van der Waals surface area contributed by atoms with Crippen LogP contribution in [0.2, 0.25) is 0 Å². The van der Waals surface area contributed by atoms with E-state index in [-0.39, 0.29) is 11.9 Å². The summed E-state index contributed by atoms with van der Waals surface area (Å²) < 4.78 is 0. The van der Waals surface area contributed by atoms with E-state index < -0.39 is 0 Å². The third-order valence-electron chi connectivity index (χ3n) is 4.33. The molecule has 1 unspecified atom stereocenters. The number of amides is 1. The summed E-state index contributed by atoms with van der Waals surface area (Å²) in [5.74, 6) is 0.952. The summed E-state index contributed by atoms with van der Waals surface area (Å²) in [6, 6.07) is 8.49. The third kappa shape index (κ3) is 1.98. The lowest BCUT2D eigenvalue weighted by Crippen LogP contribution is -2.44. The standard InChI is InChI=1S/C15H20N2O/c1-10(11-7-8-11)17(2)15(18)14-9-12-5-3-4-6-13(12)16-14/h3-6,10-11,14,16H,7-9H2,1-2H3/t10?,14-/m0/s1. The van der Waals surface area contributed by atoms with Gasteiger partial charge in [-0.05, 0) is 37.3 Å². The number of anilines is 1. The molecule has 1 aromatic rings. The lowest BCUT2D eigenvalue weighted by molar-refractivity contribution is -0.132. The van der Waals surface area contributed by atoms with Gasteiger partial charge in [0, 0.05) is 25.2 Å². The topological polar surface area (TPSA) is 32.3 Å². The molecule has 96 valence electrons. The van der Waals surface area contributed by atoms with Crippen LogP contribution in [0.1, 0.15) is 25.3 Å². The van der Waals surface area contributed by atoms with Gasteiger partial charge in [0.15, 0.2) is 0 Å². The van der Waals surface area contributed by atoms with Crippen LogP contribution in [0, 0.1) is 5.92 Å². The van der Waals surface area contributed by atoms with E-state index in [2.05, 4.69) is 18.3 Å². The summed E-state index contributed by atoms with van der Waals surface area (Å²) in [6.07, 6.45) is 3.37. The molecule has 18 heavy (non-hydrogen) atoms. The van der Waals surface area contributed by atoms with Crippen LogP contribution in [-0.2, 0) is 11.2 Å². The Bertz CT molecular complexity index is 442. The zero-order valence-electron chi connectivity index (χ0n) is 11.0. The van der Waals surface area contributed by atoms with Crippen molar-refractivity contribution in [2.24, 2.45) is 5.92 Å². The Hall–Kier alpha value is -1.51. The quantitative estimate of drug-likeness (QED) is 0.884. The molecule has 3 rings (SSSR count). The van der Waals surface area contributed by atoms with Crippen LogP contribution in [-0.4, -0.2) is 29.9 Å². The van der Waals surface area contributed by atoms with Gasteiger partial charge in [-0.1, -0.05) is 18.2 Å². The van der Waals surface area contributed by atoms with Crippen LogP contribution in [0.3, 0.4) is 0 Å². The van der Waals surface area contributed by atoms with Crippen molar-refractivity contribution in [3.63, 3.8) is 0 Å². The van der Waals surface area contributed by atoms with E-state index in [1.807, 2.05) is 30.1 Å². The Morgan fingerprint density at radius 3 is 2.78 bits per heavy atom. The highest BCUT2D eigenvalue weighted by atomic mass is 16.2. The molecule has 1 N–H and O–H groups in total. The maximum atomic E-state index is 12.5. The number of carbonyl (C=O) groups is 1. The summed E-state index contributed by atoms with van der Waals surface area (Å²) in [4.78, 5) is 14.4. The monoisotopic (exact) mass is 244 g/mol. The first-order valence-electron chi connectivity index (χ1n) is 6.78. The lowest BCUT2D eigenvalue weighted by atomic mass is 10.1. The molecule has 2 aliphatic rings. The molecular formula is C15H20N2O. The average Bonchev–Trinajstić information content (AvgIpc) is 3.14. The fourth-order valence-electron chi connectivity index (χ4n) is 2.79. The van der Waals surface area contributed by atoms with Gasteiger partial charge in [0.2, 0.25) is 5.91 Å². The molecule has 1 aliphatic carbocycles. The number of carbonyl (C=O) groups excluding carboxylic acids is 1. The minimum absolute atomic E-state index is 0.0754. The largest absolute Gasteiger partial charge is 0.373 e. The molecule has 3 nitrogen and oxygen atoms in total. The predicted octanol–water partition coefficient (Wildman–Crippen LogP) is 2.28. The van der Waals surface area contributed by atoms with Gasteiger partial charge in [0.1, 0.15) is 6.04 Å². The number of rotatable bonds is 3. The summed E-state index contributed by atoms with van der Waals surface area (Å²) in [5.41, 5.74) is 2.37. The summed E-state index contributed by atoms with van der Waals surface area (Å²) in [6.45, 7) is 2.16. The Kier molecular flexibility index (Phi) is 2.77. The van der Waals surface area contributed by atoms with Gasteiger partial charge in [-0.3, -0.25) is 4.79 Å². The number of nitrogens with zero attached hydrogens (tertiary/aromatic N) is 1. The zero-order valence-corrected chi connectivity index (χ0v) is 11.0. The first kappa shape index (κ1) is 11.6. The van der Waals surface area contributed by atoms with Crippen molar-refractivity contribution in [2.75, 3.05) is 12.4 Å². The van der Waals surface area contributed by atoms with Crippen molar-refractivity contribution in [2.45, 2.75) is 38.3 Å². The van der Waals surface area contributed by atoms with Gasteiger partial charge in [0.25, 0.3) is 0 Å². The van der Waals surface area contributed by atoms with E-state index in [0.717, 1.165) is 18.0 Å². The maximum absolute atomic E-state index is 12.5. The second-order valence-electron chi connectivity index (χ2n) is 5.59. The normalized spacial score (nSPS) is 23.1. The number of para-hydroxylation sites is 1. The average molecular weight is 244 g/mol. The highest BCUT2D eigenvalue weighted by Gasteiger charge is 2.36. The summed E-state index contributed by atoms with van der Waals surface area (Å²) >= 11 is 0. The van der Waals surface area contributed by atoms with Crippen molar-refractivity contribution < 1.29 is 4.79 Å². The Labute approximate surface area is 108 Å². The van der Waals surface area contributed by atoms with E-state index >= 15 is 0 Å². The first-order chi connectivity index (χ1) is 8.66. The molecule has 1 amide bonds. The molecule has 0 bridgehead atoms. The molecule has 0 saturated heterocycles. The van der Waals surface area contributed by atoms with E-state index in [4.69, 9.17) is 0 Å². The second kappa shape index (κ2) is 4.30. The van der Waals surface area contributed by atoms with Crippen LogP contribution >= 0.6 is 0 Å². The summed E-state index contributed by atoms with van der Waals surface area (Å²) in [5, 5.41) is 3.34. The van der Waals surface area contributed by atoms with Crippen molar-refractivity contribution in [1.82, 2.24) is 4.90 Å². The number of hydrogen-bond acceptors (Lipinski definition) is 2. The Morgan fingerprint density at radius 1 is 1.39 bits per heavy atom. The lowest BCUT2D eigenvalue weighted by Gasteiger charge is -2.27. The molecule has 0 aromatic heterocycles. The molecule has 0 radical (unpaired) electrons. The van der Waals surface area contributed by atoms with Crippen molar-refractivity contribution in [1.29, 1.82) is 0 Å². The van der Waals surface area contributed by atoms with E-state index in [1.165, 1.54) is 18.4 Å². The number of nitrogens with one attached hydrogen (secondary N) is 1. The molecular weight excluding hydrogens is 224 g/mol. The van der Waals surface area contributed by atoms with Gasteiger partial charge < -0.3 is 10.2 Å². The molecule has 3 heteroatoms. The number of fused-ring (bicyclic) bond motifs is 1. The molecule has 2 atom stereocenters. The van der Waals surface area contributed by atoms with Gasteiger partial charge >= 0.3 is 0 Å². The Morgan fingerprint density at radius 2 is 2.11 bits per heavy atom. The van der Waals surface area contributed by atoms with Crippen molar-refractivity contribution >= 4 is 11.6 Å². The van der Waals surface area contributed by atoms with Crippen LogP contribution < -0.4 is 5.32 Å². The van der Waals surface area contributed by atoms with Crippen molar-refractivity contribution in [3.05, 3.63) is 29.8 Å². The van der Waals surface area contributed by atoms with E-state index in [1.54, 1.807) is 0 Å². The van der Waals surface area contributed by atoms with E-state index in [9.17, 15) is 4.79 Å². The predicted molar refractivity (Wildman–Crippen MR) is 72.5 cm³/mol. The fourth-order valence-corrected chi connectivity index (χ4v) is 2.79. The fraction of sp³-hybridized carbons (Fsp3) is 0.533. The molecule has 1 saturated carbocycles. The number of hydrogen-bond donors (Lipinski definition) is 1. The van der Waals surface area contributed by atoms with E-state index in [0.29, 0.717) is 6.04 Å². The molecule has 1 heterocycles. The first-order valence-corrected chi connectivity index (χ1v) is 6.78. The zero-order chi connectivity index (χ0) is 12.7. The molecule has 1 fully saturated rings. The van der Waals surface area contributed by atoms with Gasteiger partial charge in [-0.15, -0.1) is 0 Å². The Balaban J connectivity index is 1.68. The van der Waals surface area contributed by atoms with Gasteiger partial charge in [-0.25, -0.2) is 0 Å². The highest BCUT2D eigenvalue weighted by Crippen LogP contribution is 2.35. The van der Waals surface area contributed by atoms with Gasteiger partial charge in [-0.2, -0.15) is 0 Å². The van der Waals surface area contributed by atoms with Crippen LogP contribution in [0.25, 0.3) is 0 Å². The van der Waals surface area contributed by atoms with Crippen LogP contribution in [0.4, 0.5) is 5.69 Å². The van der Waals surface area contributed by atoms with Gasteiger partial charge in [0.05, 0.1) is 0 Å². The third-order valence-corrected chi connectivity index (χ3v) is 4.33. The van der Waals surface area contributed by atoms with Crippen LogP contribution in [0.5, 0.6) is 0 Å². The SMILES string of the molecule is CC(C1CC1)N(C)C(=O)[C@@H]1Cc2ccccc2N1. The number of benzene rings is 1. The molecule has 0 spiro atoms. The minimum atomic E-state index is -0.0754. The highest BCUT2D eigenvalue weighted by molar-refractivity contribution is 5.87. The maximum Gasteiger partial charge on any atom is 0.245 e. The molecule has 1 aromatic carbocycles. The summed E-state index contributed by atoms with van der Waals surface area (Å²) in [7, 11) is 1.94. The number of likely N-dealkylation sites (N-methyl/N-ethyl adjacent to an activating group) is 1. The van der Waals surface area contributed by atoms with Crippen molar-refractivity contribution in [3.8, 4) is 0 Å². The van der Waals surface area contributed by atoms with Crippen LogP contribution in [0.15, 0.2) is 24.3 Å².